The van der Waals surface area contributed by atoms with Crippen molar-refractivity contribution < 1.29 is 4.79 Å². The summed E-state index contributed by atoms with van der Waals surface area (Å²) in [5.74, 6) is -0.0706. The molecule has 0 saturated carbocycles. The summed E-state index contributed by atoms with van der Waals surface area (Å²) in [6.07, 6.45) is 3.32. The van der Waals surface area contributed by atoms with E-state index >= 15 is 0 Å². The molecule has 76 valence electrons. The molecule has 1 rings (SSSR count). The number of aromatic nitrogens is 1. The minimum absolute atomic E-state index is 0.0706. The third kappa shape index (κ3) is 2.29. The van der Waals surface area contributed by atoms with Gasteiger partial charge in [-0.3, -0.25) is 9.78 Å². The number of amides is 1. The van der Waals surface area contributed by atoms with Crippen LogP contribution in [0.5, 0.6) is 0 Å². The quantitative estimate of drug-likeness (QED) is 0.771. The zero-order chi connectivity index (χ0) is 10.6. The Kier molecular flexibility index (Phi) is 3.59. The van der Waals surface area contributed by atoms with E-state index in [1.165, 1.54) is 0 Å². The van der Waals surface area contributed by atoms with Crippen LogP contribution in [-0.2, 0) is 4.79 Å². The van der Waals surface area contributed by atoms with E-state index < -0.39 is 6.04 Å². The summed E-state index contributed by atoms with van der Waals surface area (Å²) in [6, 6.07) is 3.12. The van der Waals surface area contributed by atoms with Crippen molar-refractivity contribution in [2.45, 2.75) is 19.9 Å². The Labute approximate surface area is 83.7 Å². The van der Waals surface area contributed by atoms with Crippen molar-refractivity contribution in [2.75, 3.05) is 11.4 Å². The molecule has 0 fully saturated rings. The molecule has 14 heavy (non-hydrogen) atoms. The van der Waals surface area contributed by atoms with Gasteiger partial charge in [0.2, 0.25) is 5.91 Å². The number of nitrogens with two attached hydrogens (primary N) is 1. The Balaban J connectivity index is 2.88. The van der Waals surface area contributed by atoms with Crippen LogP contribution in [0, 0.1) is 0 Å². The van der Waals surface area contributed by atoms with Crippen LogP contribution in [-0.4, -0.2) is 23.5 Å². The van der Waals surface area contributed by atoms with E-state index in [0.29, 0.717) is 6.54 Å². The summed E-state index contributed by atoms with van der Waals surface area (Å²) in [6.45, 7) is 4.22. The number of nitrogens with zero attached hydrogens (tertiary/aromatic N) is 2. The van der Waals surface area contributed by atoms with E-state index in [9.17, 15) is 4.79 Å². The van der Waals surface area contributed by atoms with Crippen molar-refractivity contribution in [3.63, 3.8) is 0 Å². The number of pyridine rings is 1. The molecule has 1 atom stereocenters. The fourth-order valence-electron chi connectivity index (χ4n) is 1.24. The molecule has 0 aliphatic carbocycles. The van der Waals surface area contributed by atoms with Crippen molar-refractivity contribution in [1.29, 1.82) is 0 Å². The average Bonchev–Trinajstić information content (AvgIpc) is 2.20. The molecule has 1 amide bonds. The van der Waals surface area contributed by atoms with E-state index in [0.717, 1.165) is 5.69 Å². The van der Waals surface area contributed by atoms with Crippen LogP contribution in [0.4, 0.5) is 5.69 Å². The Bertz CT molecular complexity index is 297. The number of hydrogen-bond donors (Lipinski definition) is 1. The van der Waals surface area contributed by atoms with Crippen LogP contribution < -0.4 is 10.6 Å². The molecule has 0 aliphatic heterocycles. The molecule has 0 bridgehead atoms. The minimum Gasteiger partial charge on any atom is -0.320 e. The number of anilines is 1. The van der Waals surface area contributed by atoms with Gasteiger partial charge in [-0.1, -0.05) is 0 Å². The molecule has 4 heteroatoms. The highest BCUT2D eigenvalue weighted by atomic mass is 16.2. The predicted octanol–water partition coefficient (Wildman–Crippen LogP) is 0.782. The second-order valence-electron chi connectivity index (χ2n) is 3.08. The van der Waals surface area contributed by atoms with Crippen LogP contribution in [0.2, 0.25) is 0 Å². The topological polar surface area (TPSA) is 59.2 Å². The zero-order valence-corrected chi connectivity index (χ0v) is 8.47. The van der Waals surface area contributed by atoms with Crippen molar-refractivity contribution in [3.8, 4) is 0 Å². The molecule has 4 nitrogen and oxygen atoms in total. The van der Waals surface area contributed by atoms with E-state index in [1.807, 2.05) is 6.92 Å². The summed E-state index contributed by atoms with van der Waals surface area (Å²) >= 11 is 0. The third-order valence-corrected chi connectivity index (χ3v) is 1.95. The molecule has 0 saturated heterocycles. The Morgan fingerprint density at radius 2 is 2.14 bits per heavy atom. The fraction of sp³-hybridized carbons (Fsp3) is 0.400. The molecule has 1 aromatic rings. The van der Waals surface area contributed by atoms with Crippen molar-refractivity contribution in [1.82, 2.24) is 4.98 Å². The molecule has 0 spiro atoms. The van der Waals surface area contributed by atoms with Gasteiger partial charge in [-0.15, -0.1) is 0 Å². The molecule has 1 aromatic heterocycles. The standard InChI is InChI=1S/C10H15N3O/c1-3-13(10(14)8(2)11)9-4-6-12-7-5-9/h4-8H,3,11H2,1-2H3/t8-/m0/s1. The lowest BCUT2D eigenvalue weighted by atomic mass is 10.2. The van der Waals surface area contributed by atoms with E-state index in [-0.39, 0.29) is 5.91 Å². The predicted molar refractivity (Wildman–Crippen MR) is 55.9 cm³/mol. The van der Waals surface area contributed by atoms with Crippen LogP contribution in [0.15, 0.2) is 24.5 Å². The van der Waals surface area contributed by atoms with Crippen molar-refractivity contribution in [2.24, 2.45) is 5.73 Å². The first kappa shape index (κ1) is 10.7. The molecular weight excluding hydrogens is 178 g/mol. The van der Waals surface area contributed by atoms with Gasteiger partial charge in [-0.05, 0) is 26.0 Å². The molecule has 0 unspecified atom stereocenters. The second-order valence-corrected chi connectivity index (χ2v) is 3.08. The highest BCUT2D eigenvalue weighted by Gasteiger charge is 2.16. The van der Waals surface area contributed by atoms with Gasteiger partial charge < -0.3 is 10.6 Å². The maximum absolute atomic E-state index is 11.7. The molecular formula is C10H15N3O. The third-order valence-electron chi connectivity index (χ3n) is 1.95. The lowest BCUT2D eigenvalue weighted by molar-refractivity contribution is -0.119. The number of rotatable bonds is 3. The van der Waals surface area contributed by atoms with Crippen LogP contribution in [0.3, 0.4) is 0 Å². The maximum Gasteiger partial charge on any atom is 0.243 e. The van der Waals surface area contributed by atoms with Gasteiger partial charge in [0, 0.05) is 24.6 Å². The first-order valence-corrected chi connectivity index (χ1v) is 4.63. The van der Waals surface area contributed by atoms with Gasteiger partial charge in [0.05, 0.1) is 6.04 Å². The summed E-state index contributed by atoms with van der Waals surface area (Å²) in [5.41, 5.74) is 6.38. The largest absolute Gasteiger partial charge is 0.320 e. The average molecular weight is 193 g/mol. The summed E-state index contributed by atoms with van der Waals surface area (Å²) < 4.78 is 0. The number of carbonyl (C=O) groups excluding carboxylic acids is 1. The molecule has 0 aromatic carbocycles. The summed E-state index contributed by atoms with van der Waals surface area (Å²) in [4.78, 5) is 17.2. The summed E-state index contributed by atoms with van der Waals surface area (Å²) in [5, 5.41) is 0. The Morgan fingerprint density at radius 3 is 2.57 bits per heavy atom. The first-order valence-electron chi connectivity index (χ1n) is 4.63. The zero-order valence-electron chi connectivity index (χ0n) is 8.47. The van der Waals surface area contributed by atoms with Gasteiger partial charge >= 0.3 is 0 Å². The van der Waals surface area contributed by atoms with Gasteiger partial charge in [0.25, 0.3) is 0 Å². The number of carbonyl (C=O) groups is 1. The fourth-order valence-corrected chi connectivity index (χ4v) is 1.24. The second kappa shape index (κ2) is 4.72. The highest BCUT2D eigenvalue weighted by Crippen LogP contribution is 2.12. The number of hydrogen-bond acceptors (Lipinski definition) is 3. The lowest BCUT2D eigenvalue weighted by Crippen LogP contribution is -2.42. The normalized spacial score (nSPS) is 12.2. The van der Waals surface area contributed by atoms with E-state index in [1.54, 1.807) is 36.4 Å². The van der Waals surface area contributed by atoms with Crippen molar-refractivity contribution in [3.05, 3.63) is 24.5 Å². The minimum atomic E-state index is -0.469. The van der Waals surface area contributed by atoms with Crippen LogP contribution >= 0.6 is 0 Å². The van der Waals surface area contributed by atoms with Crippen molar-refractivity contribution >= 4 is 11.6 Å². The highest BCUT2D eigenvalue weighted by molar-refractivity contribution is 5.96. The van der Waals surface area contributed by atoms with Crippen LogP contribution in [0.1, 0.15) is 13.8 Å². The van der Waals surface area contributed by atoms with Gasteiger partial charge in [0.1, 0.15) is 0 Å². The summed E-state index contributed by atoms with van der Waals surface area (Å²) in [7, 11) is 0. The van der Waals surface area contributed by atoms with E-state index in [4.69, 9.17) is 5.73 Å². The molecule has 1 heterocycles. The lowest BCUT2D eigenvalue weighted by Gasteiger charge is -2.22. The molecule has 0 aliphatic rings. The first-order chi connectivity index (χ1) is 6.66. The van der Waals surface area contributed by atoms with Gasteiger partial charge in [0.15, 0.2) is 0 Å². The Morgan fingerprint density at radius 1 is 1.57 bits per heavy atom. The van der Waals surface area contributed by atoms with Gasteiger partial charge in [-0.2, -0.15) is 0 Å². The molecule has 2 N–H and O–H groups in total. The SMILES string of the molecule is CCN(C(=O)[C@H](C)N)c1ccncc1. The Hall–Kier alpha value is -1.42. The number of likely N-dealkylation sites (N-methyl/N-ethyl adjacent to an activating group) is 1. The van der Waals surface area contributed by atoms with E-state index in [2.05, 4.69) is 4.98 Å². The smallest absolute Gasteiger partial charge is 0.243 e. The monoisotopic (exact) mass is 193 g/mol. The van der Waals surface area contributed by atoms with Crippen LogP contribution in [0.25, 0.3) is 0 Å². The maximum atomic E-state index is 11.7. The van der Waals surface area contributed by atoms with Gasteiger partial charge in [-0.25, -0.2) is 0 Å². The molecule has 0 radical (unpaired) electrons.